The average Bonchev–Trinajstić information content (AvgIpc) is 2.76. The van der Waals surface area contributed by atoms with Crippen molar-refractivity contribution in [3.05, 3.63) is 55.8 Å². The minimum Gasteiger partial charge on any atom is -0.348 e. The molecule has 2 aromatic rings. The predicted octanol–water partition coefficient (Wildman–Crippen LogP) is 2.33. The standard InChI is InChI=1S/C13H13BrN4O3/c1-8-10(7-16-17(8)2)6-15-13(19)9-3-4-11(14)12(5-9)18(20)21/h3-5,7H,6H2,1-2H3,(H,15,19). The van der Waals surface area contributed by atoms with Crippen molar-refractivity contribution in [1.82, 2.24) is 15.1 Å². The molecule has 1 N–H and O–H groups in total. The summed E-state index contributed by atoms with van der Waals surface area (Å²) in [5.41, 5.74) is 1.96. The molecule has 8 heteroatoms. The second kappa shape index (κ2) is 6.04. The van der Waals surface area contributed by atoms with Crippen LogP contribution in [0.2, 0.25) is 0 Å². The smallest absolute Gasteiger partial charge is 0.284 e. The van der Waals surface area contributed by atoms with Crippen LogP contribution in [0, 0.1) is 17.0 Å². The van der Waals surface area contributed by atoms with Crippen LogP contribution in [-0.4, -0.2) is 20.6 Å². The third kappa shape index (κ3) is 3.27. The van der Waals surface area contributed by atoms with Gasteiger partial charge in [-0.3, -0.25) is 19.6 Å². The van der Waals surface area contributed by atoms with E-state index in [9.17, 15) is 14.9 Å². The van der Waals surface area contributed by atoms with Crippen molar-refractivity contribution in [2.75, 3.05) is 0 Å². The number of nitro benzene ring substituents is 1. The first-order valence-corrected chi connectivity index (χ1v) is 6.89. The van der Waals surface area contributed by atoms with Crippen LogP contribution in [0.3, 0.4) is 0 Å². The van der Waals surface area contributed by atoms with E-state index in [0.717, 1.165) is 11.3 Å². The molecule has 1 amide bonds. The number of nitro groups is 1. The van der Waals surface area contributed by atoms with Crippen molar-refractivity contribution in [3.63, 3.8) is 0 Å². The van der Waals surface area contributed by atoms with Gasteiger partial charge in [-0.1, -0.05) is 0 Å². The summed E-state index contributed by atoms with van der Waals surface area (Å²) in [7, 11) is 1.82. The number of nitrogens with one attached hydrogen (secondary N) is 1. The van der Waals surface area contributed by atoms with Gasteiger partial charge in [0.2, 0.25) is 0 Å². The molecular weight excluding hydrogens is 340 g/mol. The number of hydrogen-bond acceptors (Lipinski definition) is 4. The van der Waals surface area contributed by atoms with Crippen molar-refractivity contribution in [2.45, 2.75) is 13.5 Å². The van der Waals surface area contributed by atoms with Crippen LogP contribution in [0.4, 0.5) is 5.69 Å². The maximum absolute atomic E-state index is 12.0. The van der Waals surface area contributed by atoms with Crippen LogP contribution >= 0.6 is 15.9 Å². The van der Waals surface area contributed by atoms with Gasteiger partial charge < -0.3 is 5.32 Å². The van der Waals surface area contributed by atoms with E-state index < -0.39 is 4.92 Å². The van der Waals surface area contributed by atoms with E-state index in [1.165, 1.54) is 18.2 Å². The number of amides is 1. The Morgan fingerprint density at radius 2 is 2.24 bits per heavy atom. The lowest BCUT2D eigenvalue weighted by Crippen LogP contribution is -2.23. The molecule has 21 heavy (non-hydrogen) atoms. The molecule has 0 saturated carbocycles. The molecule has 2 rings (SSSR count). The lowest BCUT2D eigenvalue weighted by Gasteiger charge is -2.05. The molecule has 0 fully saturated rings. The van der Waals surface area contributed by atoms with E-state index in [0.29, 0.717) is 11.0 Å². The highest BCUT2D eigenvalue weighted by atomic mass is 79.9. The number of nitrogens with zero attached hydrogens (tertiary/aromatic N) is 3. The molecule has 0 bridgehead atoms. The van der Waals surface area contributed by atoms with Gasteiger partial charge in [-0.15, -0.1) is 0 Å². The molecule has 110 valence electrons. The maximum atomic E-state index is 12.0. The fourth-order valence-corrected chi connectivity index (χ4v) is 2.18. The summed E-state index contributed by atoms with van der Waals surface area (Å²) in [6.45, 7) is 2.22. The molecule has 1 aromatic carbocycles. The van der Waals surface area contributed by atoms with Crippen LogP contribution < -0.4 is 5.32 Å². The Hall–Kier alpha value is -2.22. The normalized spacial score (nSPS) is 10.4. The molecule has 0 spiro atoms. The Kier molecular flexibility index (Phi) is 4.37. The van der Waals surface area contributed by atoms with E-state index in [4.69, 9.17) is 0 Å². The second-order valence-corrected chi connectivity index (χ2v) is 5.34. The first kappa shape index (κ1) is 15.2. The Morgan fingerprint density at radius 3 is 2.81 bits per heavy atom. The molecule has 1 heterocycles. The van der Waals surface area contributed by atoms with Crippen molar-refractivity contribution in [1.29, 1.82) is 0 Å². The third-order valence-corrected chi connectivity index (χ3v) is 3.85. The summed E-state index contributed by atoms with van der Waals surface area (Å²) in [6.07, 6.45) is 1.68. The number of aromatic nitrogens is 2. The molecule has 0 unspecified atom stereocenters. The van der Waals surface area contributed by atoms with Crippen molar-refractivity contribution >= 4 is 27.5 Å². The summed E-state index contributed by atoms with van der Waals surface area (Å²) >= 11 is 3.08. The predicted molar refractivity (Wildman–Crippen MR) is 79.9 cm³/mol. The number of halogens is 1. The van der Waals surface area contributed by atoms with E-state index in [1.807, 2.05) is 14.0 Å². The molecule has 0 aliphatic carbocycles. The molecule has 0 aliphatic heterocycles. The topological polar surface area (TPSA) is 90.1 Å². The summed E-state index contributed by atoms with van der Waals surface area (Å²) in [4.78, 5) is 22.4. The van der Waals surface area contributed by atoms with E-state index in [1.54, 1.807) is 10.9 Å². The average molecular weight is 353 g/mol. The van der Waals surface area contributed by atoms with Crippen LogP contribution in [0.5, 0.6) is 0 Å². The Bertz CT molecular complexity index is 711. The third-order valence-electron chi connectivity index (χ3n) is 3.18. The molecule has 1 aromatic heterocycles. The zero-order valence-corrected chi connectivity index (χ0v) is 13.0. The van der Waals surface area contributed by atoms with Crippen molar-refractivity contribution in [3.8, 4) is 0 Å². The van der Waals surface area contributed by atoms with Gasteiger partial charge in [-0.05, 0) is 35.0 Å². The van der Waals surface area contributed by atoms with Gasteiger partial charge in [0.15, 0.2) is 0 Å². The quantitative estimate of drug-likeness (QED) is 0.675. The maximum Gasteiger partial charge on any atom is 0.284 e. The largest absolute Gasteiger partial charge is 0.348 e. The summed E-state index contributed by atoms with van der Waals surface area (Å²) < 4.78 is 2.05. The fourth-order valence-electron chi connectivity index (χ4n) is 1.79. The van der Waals surface area contributed by atoms with Gasteiger partial charge in [0.1, 0.15) is 0 Å². The van der Waals surface area contributed by atoms with Gasteiger partial charge in [0, 0.05) is 36.5 Å². The highest BCUT2D eigenvalue weighted by Gasteiger charge is 2.16. The Labute approximate surface area is 129 Å². The Morgan fingerprint density at radius 1 is 1.52 bits per heavy atom. The lowest BCUT2D eigenvalue weighted by molar-refractivity contribution is -0.385. The molecule has 0 saturated heterocycles. The van der Waals surface area contributed by atoms with Gasteiger partial charge in [-0.25, -0.2) is 0 Å². The monoisotopic (exact) mass is 352 g/mol. The first-order chi connectivity index (χ1) is 9.90. The fraction of sp³-hybridized carbons (Fsp3) is 0.231. The number of carbonyl (C=O) groups is 1. The van der Waals surface area contributed by atoms with Crippen molar-refractivity contribution < 1.29 is 9.72 Å². The SMILES string of the molecule is Cc1c(CNC(=O)c2ccc(Br)c([N+](=O)[O-])c2)cnn1C. The molecule has 7 nitrogen and oxygen atoms in total. The van der Waals surface area contributed by atoms with E-state index >= 15 is 0 Å². The summed E-state index contributed by atoms with van der Waals surface area (Å²) in [5.74, 6) is -0.367. The van der Waals surface area contributed by atoms with E-state index in [2.05, 4.69) is 26.3 Å². The number of benzene rings is 1. The lowest BCUT2D eigenvalue weighted by atomic mass is 10.2. The zero-order valence-electron chi connectivity index (χ0n) is 11.5. The van der Waals surface area contributed by atoms with Gasteiger partial charge in [-0.2, -0.15) is 5.10 Å². The second-order valence-electron chi connectivity index (χ2n) is 4.48. The number of carbonyl (C=O) groups excluding carboxylic acids is 1. The summed E-state index contributed by atoms with van der Waals surface area (Å²) in [6, 6.07) is 4.26. The van der Waals surface area contributed by atoms with Gasteiger partial charge >= 0.3 is 0 Å². The zero-order chi connectivity index (χ0) is 15.6. The minimum atomic E-state index is -0.536. The first-order valence-electron chi connectivity index (χ1n) is 6.09. The molecule has 0 radical (unpaired) electrons. The molecule has 0 atom stereocenters. The summed E-state index contributed by atoms with van der Waals surface area (Å²) in [5, 5.41) is 17.7. The van der Waals surface area contributed by atoms with Crippen LogP contribution in [0.15, 0.2) is 28.9 Å². The number of aryl methyl sites for hydroxylation is 1. The van der Waals surface area contributed by atoms with E-state index in [-0.39, 0.29) is 17.2 Å². The number of rotatable bonds is 4. The molecular formula is C13H13BrN4O3. The molecule has 0 aliphatic rings. The van der Waals surface area contributed by atoms with Crippen LogP contribution in [0.1, 0.15) is 21.6 Å². The van der Waals surface area contributed by atoms with Crippen LogP contribution in [0.25, 0.3) is 0 Å². The highest BCUT2D eigenvalue weighted by molar-refractivity contribution is 9.10. The van der Waals surface area contributed by atoms with Gasteiger partial charge in [0.25, 0.3) is 11.6 Å². The number of hydrogen-bond donors (Lipinski definition) is 1. The van der Waals surface area contributed by atoms with Crippen LogP contribution in [-0.2, 0) is 13.6 Å². The van der Waals surface area contributed by atoms with Gasteiger partial charge in [0.05, 0.1) is 15.6 Å². The Balaban J connectivity index is 2.12. The highest BCUT2D eigenvalue weighted by Crippen LogP contribution is 2.25. The van der Waals surface area contributed by atoms with Crippen molar-refractivity contribution in [2.24, 2.45) is 7.05 Å². The minimum absolute atomic E-state index is 0.139.